The van der Waals surface area contributed by atoms with Gasteiger partial charge in [0.15, 0.2) is 11.5 Å². The predicted molar refractivity (Wildman–Crippen MR) is 111 cm³/mol. The molecule has 5 nitrogen and oxygen atoms in total. The van der Waals surface area contributed by atoms with E-state index < -0.39 is 5.97 Å². The molecule has 0 aliphatic heterocycles. The number of esters is 1. The summed E-state index contributed by atoms with van der Waals surface area (Å²) in [6.07, 6.45) is 3.02. The van der Waals surface area contributed by atoms with E-state index in [1.165, 1.54) is 20.1 Å². The number of amides is 1. The van der Waals surface area contributed by atoms with Crippen LogP contribution in [0.2, 0.25) is 5.02 Å². The number of ether oxygens (including phenoxy) is 2. The number of hydrogen-bond donors (Lipinski definition) is 1. The van der Waals surface area contributed by atoms with E-state index in [2.05, 4.69) is 5.32 Å². The zero-order chi connectivity index (χ0) is 20.1. The average molecular weight is 396 g/mol. The minimum atomic E-state index is -0.454. The zero-order valence-electron chi connectivity index (χ0n) is 15.4. The van der Waals surface area contributed by atoms with Gasteiger partial charge in [0.2, 0.25) is 5.91 Å². The quantitative estimate of drug-likeness (QED) is 0.371. The van der Waals surface area contributed by atoms with Crippen LogP contribution in [0, 0.1) is 0 Å². The summed E-state index contributed by atoms with van der Waals surface area (Å²) >= 11 is 6.15. The van der Waals surface area contributed by atoms with Crippen molar-refractivity contribution in [1.29, 1.82) is 0 Å². The fourth-order valence-electron chi connectivity index (χ4n) is 2.76. The highest BCUT2D eigenvalue weighted by Gasteiger charge is 2.08. The van der Waals surface area contributed by atoms with Gasteiger partial charge in [0, 0.05) is 23.4 Å². The molecule has 0 aromatic heterocycles. The molecule has 142 valence electrons. The molecule has 28 heavy (non-hydrogen) atoms. The van der Waals surface area contributed by atoms with Crippen LogP contribution < -0.4 is 14.8 Å². The lowest BCUT2D eigenvalue weighted by molar-refractivity contribution is -0.132. The second kappa shape index (κ2) is 8.59. The summed E-state index contributed by atoms with van der Waals surface area (Å²) in [5, 5.41) is 5.22. The van der Waals surface area contributed by atoms with E-state index in [9.17, 15) is 9.59 Å². The molecule has 0 atom stereocenters. The summed E-state index contributed by atoms with van der Waals surface area (Å²) in [5.74, 6) is -0.0390. The fraction of sp³-hybridized carbons (Fsp3) is 0.0909. The highest BCUT2D eigenvalue weighted by molar-refractivity contribution is 6.32. The van der Waals surface area contributed by atoms with Crippen LogP contribution in [0.5, 0.6) is 11.5 Å². The maximum absolute atomic E-state index is 12.4. The van der Waals surface area contributed by atoms with Crippen LogP contribution in [0.15, 0.2) is 60.7 Å². The summed E-state index contributed by atoms with van der Waals surface area (Å²) in [7, 11) is 1.49. The van der Waals surface area contributed by atoms with E-state index in [0.29, 0.717) is 27.8 Å². The first kappa shape index (κ1) is 19.5. The Balaban J connectivity index is 1.80. The van der Waals surface area contributed by atoms with E-state index in [1.807, 2.05) is 30.3 Å². The molecule has 0 bridgehead atoms. The monoisotopic (exact) mass is 395 g/mol. The van der Waals surface area contributed by atoms with Crippen molar-refractivity contribution < 1.29 is 19.1 Å². The molecule has 0 saturated heterocycles. The number of nitrogens with one attached hydrogen (secondary N) is 1. The summed E-state index contributed by atoms with van der Waals surface area (Å²) in [6.45, 7) is 1.31. The molecule has 0 radical (unpaired) electrons. The molecule has 1 amide bonds. The number of halogens is 1. The summed E-state index contributed by atoms with van der Waals surface area (Å²) in [5.41, 5.74) is 1.32. The van der Waals surface area contributed by atoms with Gasteiger partial charge >= 0.3 is 5.97 Å². The Hall–Kier alpha value is -3.31. The first-order chi connectivity index (χ1) is 13.5. The number of hydrogen-bond acceptors (Lipinski definition) is 4. The first-order valence-electron chi connectivity index (χ1n) is 8.50. The van der Waals surface area contributed by atoms with Gasteiger partial charge in [-0.3, -0.25) is 9.59 Å². The molecule has 0 spiro atoms. The van der Waals surface area contributed by atoms with Crippen molar-refractivity contribution in [1.82, 2.24) is 0 Å². The van der Waals surface area contributed by atoms with Crippen molar-refractivity contribution in [3.05, 3.63) is 71.3 Å². The van der Waals surface area contributed by atoms with Crippen molar-refractivity contribution in [3.8, 4) is 11.5 Å². The van der Waals surface area contributed by atoms with Crippen molar-refractivity contribution in [2.24, 2.45) is 0 Å². The highest BCUT2D eigenvalue weighted by Crippen LogP contribution is 2.29. The second-order valence-corrected chi connectivity index (χ2v) is 6.44. The molecular weight excluding hydrogens is 378 g/mol. The summed E-state index contributed by atoms with van der Waals surface area (Å²) in [6, 6.07) is 16.3. The zero-order valence-corrected chi connectivity index (χ0v) is 16.1. The van der Waals surface area contributed by atoms with E-state index in [1.54, 1.807) is 30.3 Å². The Morgan fingerprint density at radius 3 is 2.57 bits per heavy atom. The molecule has 3 aromatic rings. The van der Waals surface area contributed by atoms with Crippen molar-refractivity contribution >= 4 is 46.0 Å². The van der Waals surface area contributed by atoms with Crippen molar-refractivity contribution in [3.63, 3.8) is 0 Å². The minimum Gasteiger partial charge on any atom is -0.493 e. The number of methoxy groups -OCH3 is 1. The van der Waals surface area contributed by atoms with E-state index in [-0.39, 0.29) is 5.91 Å². The van der Waals surface area contributed by atoms with Crippen LogP contribution in [0.4, 0.5) is 5.69 Å². The van der Waals surface area contributed by atoms with Crippen molar-refractivity contribution in [2.75, 3.05) is 12.4 Å². The lowest BCUT2D eigenvalue weighted by atomic mass is 10.1. The van der Waals surface area contributed by atoms with Crippen molar-refractivity contribution in [2.45, 2.75) is 6.92 Å². The lowest BCUT2D eigenvalue weighted by Gasteiger charge is -2.09. The van der Waals surface area contributed by atoms with Gasteiger partial charge in [0.05, 0.1) is 12.8 Å². The maximum Gasteiger partial charge on any atom is 0.308 e. The standard InChI is InChI=1S/C22H18ClNO4/c1-14(25)28-21-11-15(7-9-20(21)27-2)8-10-22(26)24-19-13-17(23)12-16-5-3-4-6-18(16)19/h3-13H,1-2H3,(H,24,26)/b10-8+. The fourth-order valence-corrected chi connectivity index (χ4v) is 2.98. The van der Waals surface area contributed by atoms with E-state index in [4.69, 9.17) is 21.1 Å². The molecule has 3 aromatic carbocycles. The third-order valence-electron chi connectivity index (χ3n) is 3.95. The number of benzene rings is 3. The molecule has 0 saturated carbocycles. The van der Waals surface area contributed by atoms with Crippen LogP contribution in [0.3, 0.4) is 0 Å². The second-order valence-electron chi connectivity index (χ2n) is 6.00. The number of rotatable bonds is 5. The van der Waals surface area contributed by atoms with E-state index in [0.717, 1.165) is 10.8 Å². The topological polar surface area (TPSA) is 64.6 Å². The lowest BCUT2D eigenvalue weighted by Crippen LogP contribution is -2.08. The van der Waals surface area contributed by atoms with Gasteiger partial charge in [-0.05, 0) is 41.3 Å². The molecule has 1 N–H and O–H groups in total. The van der Waals surface area contributed by atoms with Crippen LogP contribution in [0.1, 0.15) is 12.5 Å². The Morgan fingerprint density at radius 2 is 1.82 bits per heavy atom. The van der Waals surface area contributed by atoms with E-state index >= 15 is 0 Å². The molecule has 0 aliphatic carbocycles. The average Bonchev–Trinajstić information content (AvgIpc) is 2.66. The molecule has 0 heterocycles. The van der Waals surface area contributed by atoms with Gasteiger partial charge in [-0.15, -0.1) is 0 Å². The summed E-state index contributed by atoms with van der Waals surface area (Å²) < 4.78 is 10.3. The number of anilines is 1. The third kappa shape index (κ3) is 4.69. The Bertz CT molecular complexity index is 1080. The number of carbonyl (C=O) groups excluding carboxylic acids is 2. The molecule has 0 fully saturated rings. The number of fused-ring (bicyclic) bond motifs is 1. The Labute approximate surface area is 167 Å². The molecule has 0 unspecified atom stereocenters. The van der Waals surface area contributed by atoms with Crippen LogP contribution >= 0.6 is 11.6 Å². The Morgan fingerprint density at radius 1 is 1.04 bits per heavy atom. The molecular formula is C22H18ClNO4. The van der Waals surface area contributed by atoms with Gasteiger partial charge in [-0.25, -0.2) is 0 Å². The van der Waals surface area contributed by atoms with Gasteiger partial charge in [0.1, 0.15) is 0 Å². The largest absolute Gasteiger partial charge is 0.493 e. The summed E-state index contributed by atoms with van der Waals surface area (Å²) in [4.78, 5) is 23.6. The van der Waals surface area contributed by atoms with Crippen LogP contribution in [-0.2, 0) is 9.59 Å². The molecule has 3 rings (SSSR count). The third-order valence-corrected chi connectivity index (χ3v) is 4.17. The number of carbonyl (C=O) groups is 2. The van der Waals surface area contributed by atoms with Crippen LogP contribution in [-0.4, -0.2) is 19.0 Å². The van der Waals surface area contributed by atoms with Gasteiger partial charge < -0.3 is 14.8 Å². The SMILES string of the molecule is COc1ccc(/C=C/C(=O)Nc2cc(Cl)cc3ccccc23)cc1OC(C)=O. The first-order valence-corrected chi connectivity index (χ1v) is 8.88. The minimum absolute atomic E-state index is 0.290. The van der Waals surface area contributed by atoms with Crippen LogP contribution in [0.25, 0.3) is 16.8 Å². The van der Waals surface area contributed by atoms with Gasteiger partial charge in [-0.2, -0.15) is 0 Å². The predicted octanol–water partition coefficient (Wildman–Crippen LogP) is 5.08. The van der Waals surface area contributed by atoms with Gasteiger partial charge in [-0.1, -0.05) is 41.9 Å². The molecule has 0 aliphatic rings. The normalized spacial score (nSPS) is 10.8. The maximum atomic E-state index is 12.4. The molecule has 6 heteroatoms. The van der Waals surface area contributed by atoms with Gasteiger partial charge in [0.25, 0.3) is 0 Å². The highest BCUT2D eigenvalue weighted by atomic mass is 35.5. The Kier molecular flexibility index (Phi) is 5.96. The smallest absolute Gasteiger partial charge is 0.308 e.